The van der Waals surface area contributed by atoms with Crippen LogP contribution in [0.5, 0.6) is 0 Å². The van der Waals surface area contributed by atoms with Crippen LogP contribution in [0.3, 0.4) is 0 Å². The average molecular weight is 477 g/mol. The third-order valence-electron chi connectivity index (χ3n) is 5.21. The van der Waals surface area contributed by atoms with E-state index in [-0.39, 0.29) is 11.4 Å². The van der Waals surface area contributed by atoms with Crippen LogP contribution in [0.15, 0.2) is 84.0 Å². The van der Waals surface area contributed by atoms with E-state index in [1.165, 1.54) is 24.4 Å². The Labute approximate surface area is 195 Å². The van der Waals surface area contributed by atoms with E-state index in [1.807, 2.05) is 48.5 Å². The first-order chi connectivity index (χ1) is 16.2. The van der Waals surface area contributed by atoms with Crippen LogP contribution in [0, 0.1) is 10.1 Å². The number of hydrazone groups is 1. The first-order valence-corrected chi connectivity index (χ1v) is 12.0. The summed E-state index contributed by atoms with van der Waals surface area (Å²) in [5.41, 5.74) is 2.90. The summed E-state index contributed by atoms with van der Waals surface area (Å²) in [6.45, 7) is -0.590. The highest BCUT2D eigenvalue weighted by molar-refractivity contribution is 7.92. The van der Waals surface area contributed by atoms with Gasteiger partial charge in [-0.3, -0.25) is 19.2 Å². The number of fused-ring (bicyclic) bond motifs is 2. The normalized spacial score (nSPS) is 11.7. The number of rotatable bonds is 7. The van der Waals surface area contributed by atoms with Gasteiger partial charge in [-0.25, -0.2) is 13.8 Å². The molecule has 10 heteroatoms. The summed E-state index contributed by atoms with van der Waals surface area (Å²) in [4.78, 5) is 23.0. The van der Waals surface area contributed by atoms with Crippen LogP contribution in [-0.2, 0) is 14.8 Å². The number of carbonyl (C=O) groups is 1. The lowest BCUT2D eigenvalue weighted by atomic mass is 9.97. The van der Waals surface area contributed by atoms with Crippen molar-refractivity contribution in [3.05, 3.63) is 94.5 Å². The van der Waals surface area contributed by atoms with Crippen LogP contribution >= 0.6 is 0 Å². The van der Waals surface area contributed by atoms with Crippen molar-refractivity contribution in [3.63, 3.8) is 0 Å². The molecule has 0 spiro atoms. The molecule has 4 rings (SSSR count). The zero-order valence-electron chi connectivity index (χ0n) is 18.1. The second-order valence-corrected chi connectivity index (χ2v) is 9.48. The smallest absolute Gasteiger partial charge is 0.271 e. The first-order valence-electron chi connectivity index (χ1n) is 10.2. The highest BCUT2D eigenvalue weighted by Crippen LogP contribution is 2.27. The van der Waals surface area contributed by atoms with E-state index in [4.69, 9.17) is 0 Å². The first kappa shape index (κ1) is 22.9. The Morgan fingerprint density at radius 2 is 1.62 bits per heavy atom. The molecule has 0 aliphatic carbocycles. The van der Waals surface area contributed by atoms with Crippen molar-refractivity contribution < 1.29 is 18.1 Å². The Balaban J connectivity index is 1.60. The highest BCUT2D eigenvalue weighted by atomic mass is 32.2. The number of anilines is 1. The van der Waals surface area contributed by atoms with Crippen molar-refractivity contribution in [2.45, 2.75) is 0 Å². The number of non-ortho nitro benzene ring substituents is 1. The number of nitro groups is 1. The van der Waals surface area contributed by atoms with E-state index >= 15 is 0 Å². The third-order valence-corrected chi connectivity index (χ3v) is 6.35. The van der Waals surface area contributed by atoms with Crippen molar-refractivity contribution in [2.24, 2.45) is 5.10 Å². The SMILES string of the molecule is CS(=O)(=O)N(CC(=O)N/N=C\c1c2ccccc2cc2ccccc12)c1cccc([N+](=O)[O-])c1. The van der Waals surface area contributed by atoms with Gasteiger partial charge in [-0.15, -0.1) is 0 Å². The second-order valence-electron chi connectivity index (χ2n) is 7.57. The summed E-state index contributed by atoms with van der Waals surface area (Å²) in [7, 11) is -3.89. The molecule has 1 amide bonds. The van der Waals surface area contributed by atoms with Crippen molar-refractivity contribution >= 4 is 55.1 Å². The monoisotopic (exact) mass is 476 g/mol. The quantitative estimate of drug-likeness (QED) is 0.188. The van der Waals surface area contributed by atoms with Gasteiger partial charge in [0.15, 0.2) is 0 Å². The molecule has 0 fully saturated rings. The lowest BCUT2D eigenvalue weighted by Crippen LogP contribution is -2.39. The zero-order valence-corrected chi connectivity index (χ0v) is 18.9. The van der Waals surface area contributed by atoms with Gasteiger partial charge in [0.05, 0.1) is 23.1 Å². The molecule has 0 aromatic heterocycles. The molecule has 0 aliphatic rings. The van der Waals surface area contributed by atoms with Gasteiger partial charge < -0.3 is 0 Å². The Morgan fingerprint density at radius 1 is 1.00 bits per heavy atom. The van der Waals surface area contributed by atoms with Crippen molar-refractivity contribution in [2.75, 3.05) is 17.1 Å². The van der Waals surface area contributed by atoms with Crippen LogP contribution in [0.25, 0.3) is 21.5 Å². The fourth-order valence-corrected chi connectivity index (χ4v) is 4.53. The largest absolute Gasteiger partial charge is 0.271 e. The molecule has 0 aliphatic heterocycles. The Morgan fingerprint density at radius 3 is 2.21 bits per heavy atom. The fourth-order valence-electron chi connectivity index (χ4n) is 3.68. The molecule has 1 N–H and O–H groups in total. The van der Waals surface area contributed by atoms with Gasteiger partial charge in [0.25, 0.3) is 11.6 Å². The molecule has 0 radical (unpaired) electrons. The molecule has 0 heterocycles. The Bertz CT molecular complexity index is 1500. The minimum Gasteiger partial charge on any atom is -0.271 e. The van der Waals surface area contributed by atoms with E-state index in [0.29, 0.717) is 0 Å². The molecule has 0 unspecified atom stereocenters. The van der Waals surface area contributed by atoms with Crippen molar-refractivity contribution in [1.29, 1.82) is 0 Å². The molecule has 0 atom stereocenters. The molecule has 4 aromatic rings. The number of hydrogen-bond donors (Lipinski definition) is 1. The summed E-state index contributed by atoms with van der Waals surface area (Å²) in [5.74, 6) is -0.697. The van der Waals surface area contributed by atoms with Gasteiger partial charge in [-0.05, 0) is 33.7 Å². The minimum absolute atomic E-state index is 0.0101. The van der Waals surface area contributed by atoms with E-state index in [9.17, 15) is 23.3 Å². The van der Waals surface area contributed by atoms with Gasteiger partial charge in [0, 0.05) is 17.7 Å². The van der Waals surface area contributed by atoms with Gasteiger partial charge in [0.2, 0.25) is 10.0 Å². The Hall–Kier alpha value is -4.31. The number of carbonyl (C=O) groups excluding carboxylic acids is 1. The number of sulfonamides is 1. The number of amides is 1. The van der Waals surface area contributed by atoms with Crippen molar-refractivity contribution in [1.82, 2.24) is 5.43 Å². The van der Waals surface area contributed by atoms with E-state index in [2.05, 4.69) is 16.6 Å². The molecule has 9 nitrogen and oxygen atoms in total. The standard InChI is InChI=1S/C24H20N4O5S/c1-34(32,33)27(19-9-6-10-20(14-19)28(30)31)16-24(29)26-25-15-23-21-11-4-2-7-17(21)13-18-8-3-5-12-22(18)23/h2-15H,16H2,1H3,(H,26,29)/b25-15-. The highest BCUT2D eigenvalue weighted by Gasteiger charge is 2.22. The Kier molecular flexibility index (Phi) is 6.24. The van der Waals surface area contributed by atoms with Gasteiger partial charge in [0.1, 0.15) is 6.54 Å². The summed E-state index contributed by atoms with van der Waals surface area (Å²) in [6.07, 6.45) is 2.45. The lowest BCUT2D eigenvalue weighted by molar-refractivity contribution is -0.384. The second kappa shape index (κ2) is 9.28. The number of hydrogen-bond acceptors (Lipinski definition) is 6. The van der Waals surface area contributed by atoms with E-state index < -0.39 is 27.4 Å². The zero-order chi connectivity index (χ0) is 24.3. The summed E-state index contributed by atoms with van der Waals surface area (Å²) in [6, 6.07) is 22.7. The van der Waals surface area contributed by atoms with Crippen LogP contribution in [-0.4, -0.2) is 38.3 Å². The van der Waals surface area contributed by atoms with E-state index in [0.717, 1.165) is 43.7 Å². The van der Waals surface area contributed by atoms with Gasteiger partial charge in [-0.1, -0.05) is 54.6 Å². The van der Waals surface area contributed by atoms with Crippen LogP contribution in [0.1, 0.15) is 5.56 Å². The molecule has 4 aromatic carbocycles. The predicted molar refractivity (Wildman–Crippen MR) is 132 cm³/mol. The minimum atomic E-state index is -3.89. The van der Waals surface area contributed by atoms with Crippen molar-refractivity contribution in [3.8, 4) is 0 Å². The van der Waals surface area contributed by atoms with Gasteiger partial charge >= 0.3 is 0 Å². The van der Waals surface area contributed by atoms with Crippen LogP contribution in [0.2, 0.25) is 0 Å². The summed E-state index contributed by atoms with van der Waals surface area (Å²) < 4.78 is 25.3. The summed E-state index contributed by atoms with van der Waals surface area (Å²) >= 11 is 0. The number of nitrogens with one attached hydrogen (secondary N) is 1. The summed E-state index contributed by atoms with van der Waals surface area (Å²) in [5, 5.41) is 19.0. The molecule has 172 valence electrons. The van der Waals surface area contributed by atoms with Crippen LogP contribution in [0.4, 0.5) is 11.4 Å². The fraction of sp³-hybridized carbons (Fsp3) is 0.0833. The van der Waals surface area contributed by atoms with Crippen LogP contribution < -0.4 is 9.73 Å². The maximum atomic E-state index is 12.5. The topological polar surface area (TPSA) is 122 Å². The number of nitro benzene ring substituents is 1. The molecule has 0 saturated carbocycles. The maximum absolute atomic E-state index is 12.5. The maximum Gasteiger partial charge on any atom is 0.271 e. The molecular formula is C24H20N4O5S. The molecule has 0 bridgehead atoms. The third kappa shape index (κ3) is 4.86. The predicted octanol–water partition coefficient (Wildman–Crippen LogP) is 3.82. The number of benzene rings is 4. The van der Waals surface area contributed by atoms with E-state index in [1.54, 1.807) is 0 Å². The number of nitrogens with zero attached hydrogens (tertiary/aromatic N) is 3. The molecular weight excluding hydrogens is 456 g/mol. The molecule has 0 saturated heterocycles. The molecule has 34 heavy (non-hydrogen) atoms. The van der Waals surface area contributed by atoms with Gasteiger partial charge in [-0.2, -0.15) is 5.10 Å². The average Bonchev–Trinajstić information content (AvgIpc) is 2.81. The lowest BCUT2D eigenvalue weighted by Gasteiger charge is -2.21.